The first kappa shape index (κ1) is 8.01. The molecular formula is C8H15N3O. The van der Waals surface area contributed by atoms with E-state index in [4.69, 9.17) is 0 Å². The molecule has 0 radical (unpaired) electrons. The van der Waals surface area contributed by atoms with Crippen LogP contribution < -0.4 is 16.0 Å². The Morgan fingerprint density at radius 3 is 2.33 bits per heavy atom. The third kappa shape index (κ3) is 1.59. The van der Waals surface area contributed by atoms with E-state index in [1.54, 1.807) is 0 Å². The monoisotopic (exact) mass is 169 g/mol. The van der Waals surface area contributed by atoms with Gasteiger partial charge in [0.2, 0.25) is 5.91 Å². The second-order valence-corrected chi connectivity index (χ2v) is 3.62. The van der Waals surface area contributed by atoms with E-state index in [1.807, 2.05) is 0 Å². The van der Waals surface area contributed by atoms with Crippen LogP contribution in [0.15, 0.2) is 0 Å². The summed E-state index contributed by atoms with van der Waals surface area (Å²) in [5.74, 6) is 1.13. The standard InChI is InChI=1S/C8H15N3O/c12-8(7-4-10-5-7)11-3-6-1-9-2-6/h6-7,9-10H,1-5H2,(H,11,12). The van der Waals surface area contributed by atoms with Crippen molar-refractivity contribution in [3.63, 3.8) is 0 Å². The van der Waals surface area contributed by atoms with Crippen molar-refractivity contribution in [2.45, 2.75) is 0 Å². The summed E-state index contributed by atoms with van der Waals surface area (Å²) in [6.45, 7) is 4.68. The van der Waals surface area contributed by atoms with Gasteiger partial charge >= 0.3 is 0 Å². The van der Waals surface area contributed by atoms with Crippen LogP contribution >= 0.6 is 0 Å². The van der Waals surface area contributed by atoms with Gasteiger partial charge in [0.05, 0.1) is 5.92 Å². The average molecular weight is 169 g/mol. The molecule has 12 heavy (non-hydrogen) atoms. The van der Waals surface area contributed by atoms with Crippen molar-refractivity contribution in [1.82, 2.24) is 16.0 Å². The van der Waals surface area contributed by atoms with Gasteiger partial charge in [0, 0.05) is 38.6 Å². The van der Waals surface area contributed by atoms with Gasteiger partial charge in [0.1, 0.15) is 0 Å². The van der Waals surface area contributed by atoms with E-state index in [0.717, 1.165) is 32.7 Å². The second kappa shape index (κ2) is 3.41. The lowest BCUT2D eigenvalue weighted by Gasteiger charge is -2.30. The first-order chi connectivity index (χ1) is 5.86. The fourth-order valence-electron chi connectivity index (χ4n) is 1.36. The molecule has 0 aromatic heterocycles. The molecule has 2 aliphatic heterocycles. The van der Waals surface area contributed by atoms with Crippen LogP contribution in [0.2, 0.25) is 0 Å². The Morgan fingerprint density at radius 1 is 1.25 bits per heavy atom. The van der Waals surface area contributed by atoms with Crippen molar-refractivity contribution in [3.05, 3.63) is 0 Å². The van der Waals surface area contributed by atoms with Gasteiger partial charge in [-0.1, -0.05) is 0 Å². The number of hydrogen-bond donors (Lipinski definition) is 3. The normalized spacial score (nSPS) is 24.3. The summed E-state index contributed by atoms with van der Waals surface area (Å²) in [7, 11) is 0. The Bertz CT molecular complexity index is 175. The molecule has 68 valence electrons. The zero-order valence-electron chi connectivity index (χ0n) is 7.10. The van der Waals surface area contributed by atoms with Gasteiger partial charge in [-0.15, -0.1) is 0 Å². The van der Waals surface area contributed by atoms with Crippen LogP contribution in [0, 0.1) is 11.8 Å². The highest BCUT2D eigenvalue weighted by Crippen LogP contribution is 2.04. The predicted octanol–water partition coefficient (Wildman–Crippen LogP) is -1.46. The summed E-state index contributed by atoms with van der Waals surface area (Å²) in [6.07, 6.45) is 0. The third-order valence-corrected chi connectivity index (χ3v) is 2.58. The van der Waals surface area contributed by atoms with Gasteiger partial charge in [0.15, 0.2) is 0 Å². The smallest absolute Gasteiger partial charge is 0.225 e. The molecule has 0 unspecified atom stereocenters. The molecule has 3 N–H and O–H groups in total. The minimum atomic E-state index is 0.223. The van der Waals surface area contributed by atoms with Gasteiger partial charge in [-0.25, -0.2) is 0 Å². The van der Waals surface area contributed by atoms with Gasteiger partial charge in [0.25, 0.3) is 0 Å². The van der Waals surface area contributed by atoms with Crippen LogP contribution in [0.4, 0.5) is 0 Å². The molecule has 2 rings (SSSR count). The topological polar surface area (TPSA) is 53.2 Å². The molecule has 2 heterocycles. The van der Waals surface area contributed by atoms with Gasteiger partial charge in [-0.3, -0.25) is 4.79 Å². The van der Waals surface area contributed by atoms with E-state index in [1.165, 1.54) is 0 Å². The van der Waals surface area contributed by atoms with Crippen LogP contribution in [-0.4, -0.2) is 38.6 Å². The minimum absolute atomic E-state index is 0.223. The van der Waals surface area contributed by atoms with Crippen molar-refractivity contribution >= 4 is 5.91 Å². The summed E-state index contributed by atoms with van der Waals surface area (Å²) in [6, 6.07) is 0. The summed E-state index contributed by atoms with van der Waals surface area (Å²) < 4.78 is 0. The lowest BCUT2D eigenvalue weighted by Crippen LogP contribution is -2.54. The molecule has 1 amide bonds. The van der Waals surface area contributed by atoms with Crippen LogP contribution in [0.1, 0.15) is 0 Å². The molecule has 4 heteroatoms. The number of carbonyl (C=O) groups is 1. The maximum absolute atomic E-state index is 11.3. The molecular weight excluding hydrogens is 154 g/mol. The van der Waals surface area contributed by atoms with Crippen LogP contribution in [0.3, 0.4) is 0 Å². The SMILES string of the molecule is O=C(NCC1CNC1)C1CNC1. The van der Waals surface area contributed by atoms with Crippen LogP contribution in [0.25, 0.3) is 0 Å². The predicted molar refractivity (Wildman–Crippen MR) is 45.7 cm³/mol. The molecule has 4 nitrogen and oxygen atoms in total. The number of hydrogen-bond acceptors (Lipinski definition) is 3. The average Bonchev–Trinajstić information content (AvgIpc) is 1.79. The Balaban J connectivity index is 1.61. The van der Waals surface area contributed by atoms with E-state index in [9.17, 15) is 4.79 Å². The number of carbonyl (C=O) groups excluding carboxylic acids is 1. The number of rotatable bonds is 3. The zero-order chi connectivity index (χ0) is 8.39. The summed E-state index contributed by atoms with van der Waals surface area (Å²) >= 11 is 0. The van der Waals surface area contributed by atoms with E-state index >= 15 is 0 Å². The molecule has 0 bridgehead atoms. The molecule has 0 aromatic rings. The van der Waals surface area contributed by atoms with Gasteiger partial charge in [-0.05, 0) is 0 Å². The van der Waals surface area contributed by atoms with Gasteiger partial charge in [-0.2, -0.15) is 0 Å². The largest absolute Gasteiger partial charge is 0.355 e. The molecule has 0 atom stereocenters. The molecule has 0 saturated carbocycles. The summed E-state index contributed by atoms with van der Waals surface area (Å²) in [5.41, 5.74) is 0. The zero-order valence-corrected chi connectivity index (χ0v) is 7.10. The van der Waals surface area contributed by atoms with Crippen LogP contribution in [0.5, 0.6) is 0 Å². The van der Waals surface area contributed by atoms with E-state index in [-0.39, 0.29) is 11.8 Å². The van der Waals surface area contributed by atoms with Crippen molar-refractivity contribution < 1.29 is 4.79 Å². The van der Waals surface area contributed by atoms with Gasteiger partial charge < -0.3 is 16.0 Å². The van der Waals surface area contributed by atoms with E-state index in [0.29, 0.717) is 5.92 Å². The molecule has 2 saturated heterocycles. The highest BCUT2D eigenvalue weighted by Gasteiger charge is 2.25. The Hall–Kier alpha value is -0.610. The van der Waals surface area contributed by atoms with E-state index in [2.05, 4.69) is 16.0 Å². The van der Waals surface area contributed by atoms with Crippen molar-refractivity contribution in [2.75, 3.05) is 32.7 Å². The fraction of sp³-hybridized carbons (Fsp3) is 0.875. The van der Waals surface area contributed by atoms with E-state index < -0.39 is 0 Å². The minimum Gasteiger partial charge on any atom is -0.355 e. The first-order valence-electron chi connectivity index (χ1n) is 4.55. The quantitative estimate of drug-likeness (QED) is 0.484. The van der Waals surface area contributed by atoms with Crippen molar-refractivity contribution in [2.24, 2.45) is 11.8 Å². The number of nitrogens with one attached hydrogen (secondary N) is 3. The Morgan fingerprint density at radius 2 is 1.92 bits per heavy atom. The third-order valence-electron chi connectivity index (χ3n) is 2.58. The fourth-order valence-corrected chi connectivity index (χ4v) is 1.36. The Labute approximate surface area is 72.1 Å². The first-order valence-corrected chi connectivity index (χ1v) is 4.55. The Kier molecular flexibility index (Phi) is 2.28. The summed E-state index contributed by atoms with van der Waals surface area (Å²) in [5, 5.41) is 9.23. The summed E-state index contributed by atoms with van der Waals surface area (Å²) in [4.78, 5) is 11.3. The molecule has 0 aromatic carbocycles. The maximum Gasteiger partial charge on any atom is 0.225 e. The lowest BCUT2D eigenvalue weighted by atomic mass is 10.0. The van der Waals surface area contributed by atoms with Crippen LogP contribution in [-0.2, 0) is 4.79 Å². The molecule has 0 spiro atoms. The molecule has 0 aliphatic carbocycles. The van der Waals surface area contributed by atoms with Crippen molar-refractivity contribution in [3.8, 4) is 0 Å². The molecule has 2 aliphatic rings. The highest BCUT2D eigenvalue weighted by molar-refractivity contribution is 5.79. The second-order valence-electron chi connectivity index (χ2n) is 3.62. The highest BCUT2D eigenvalue weighted by atomic mass is 16.2. The number of amides is 1. The molecule has 2 fully saturated rings. The van der Waals surface area contributed by atoms with Crippen molar-refractivity contribution in [1.29, 1.82) is 0 Å². The maximum atomic E-state index is 11.3. The lowest BCUT2D eigenvalue weighted by molar-refractivity contribution is -0.126.